The Morgan fingerprint density at radius 1 is 1.35 bits per heavy atom. The van der Waals surface area contributed by atoms with Crippen LogP contribution in [-0.4, -0.2) is 18.0 Å². The molecule has 2 rings (SSSR count). The molecule has 0 heterocycles. The first-order valence-corrected chi connectivity index (χ1v) is 6.34. The fourth-order valence-electron chi connectivity index (χ4n) is 1.47. The summed E-state index contributed by atoms with van der Waals surface area (Å²) in [5.74, 6) is -0.0245. The quantitative estimate of drug-likeness (QED) is 0.885. The van der Waals surface area contributed by atoms with E-state index in [-0.39, 0.29) is 11.9 Å². The summed E-state index contributed by atoms with van der Waals surface area (Å²) in [5.41, 5.74) is 0.606. The Morgan fingerprint density at radius 2 is 1.94 bits per heavy atom. The van der Waals surface area contributed by atoms with E-state index in [2.05, 4.69) is 10.6 Å². The number of amides is 1. The molecule has 0 aliphatic heterocycles. The van der Waals surface area contributed by atoms with Crippen molar-refractivity contribution in [2.24, 2.45) is 0 Å². The summed E-state index contributed by atoms with van der Waals surface area (Å²) < 4.78 is 0. The molecule has 2 N–H and O–H groups in total. The van der Waals surface area contributed by atoms with Crippen LogP contribution in [0.3, 0.4) is 0 Å². The van der Waals surface area contributed by atoms with Gasteiger partial charge in [0.2, 0.25) is 5.91 Å². The first-order chi connectivity index (χ1) is 8.08. The molecular formula is C12H14Cl2N2O. The van der Waals surface area contributed by atoms with Crippen LogP contribution in [0.15, 0.2) is 18.2 Å². The van der Waals surface area contributed by atoms with Crippen molar-refractivity contribution in [3.05, 3.63) is 28.2 Å². The molecule has 1 fully saturated rings. The molecule has 3 nitrogen and oxygen atoms in total. The van der Waals surface area contributed by atoms with Crippen LogP contribution in [0.4, 0.5) is 5.69 Å². The number of carbonyl (C=O) groups excluding carboxylic acids is 1. The van der Waals surface area contributed by atoms with Gasteiger partial charge in [-0.3, -0.25) is 4.79 Å². The average Bonchev–Trinajstić information content (AvgIpc) is 3.07. The standard InChI is InChI=1S/C12H14Cl2N2O/c1-7(12(17)16-8-5-6-8)15-11-9(13)3-2-4-10(11)14/h2-4,7-8,15H,5-6H2,1H3,(H,16,17). The Kier molecular flexibility index (Phi) is 3.79. The van der Waals surface area contributed by atoms with E-state index in [4.69, 9.17) is 23.2 Å². The van der Waals surface area contributed by atoms with Crippen LogP contribution in [0.5, 0.6) is 0 Å². The SMILES string of the molecule is CC(Nc1c(Cl)cccc1Cl)C(=O)NC1CC1. The zero-order valence-corrected chi connectivity index (χ0v) is 11.0. The van der Waals surface area contributed by atoms with E-state index in [0.717, 1.165) is 12.8 Å². The first-order valence-electron chi connectivity index (χ1n) is 5.59. The number of para-hydroxylation sites is 1. The summed E-state index contributed by atoms with van der Waals surface area (Å²) in [6.07, 6.45) is 2.15. The number of nitrogens with one attached hydrogen (secondary N) is 2. The largest absolute Gasteiger partial charge is 0.371 e. The minimum absolute atomic E-state index is 0.0245. The van der Waals surface area contributed by atoms with Crippen LogP contribution < -0.4 is 10.6 Å². The Labute approximate surface area is 110 Å². The number of halogens is 2. The van der Waals surface area contributed by atoms with E-state index in [1.165, 1.54) is 0 Å². The van der Waals surface area contributed by atoms with Gasteiger partial charge in [-0.05, 0) is 31.9 Å². The highest BCUT2D eigenvalue weighted by molar-refractivity contribution is 6.39. The summed E-state index contributed by atoms with van der Waals surface area (Å²) in [7, 11) is 0. The molecule has 5 heteroatoms. The molecule has 1 aromatic rings. The minimum Gasteiger partial charge on any atom is -0.371 e. The van der Waals surface area contributed by atoms with Gasteiger partial charge in [-0.25, -0.2) is 0 Å². The maximum Gasteiger partial charge on any atom is 0.242 e. The van der Waals surface area contributed by atoms with Crippen molar-refractivity contribution in [1.29, 1.82) is 0 Å². The van der Waals surface area contributed by atoms with Crippen LogP contribution in [-0.2, 0) is 4.79 Å². The van der Waals surface area contributed by atoms with Crippen molar-refractivity contribution in [2.45, 2.75) is 31.8 Å². The molecule has 0 saturated heterocycles. The molecular weight excluding hydrogens is 259 g/mol. The lowest BCUT2D eigenvalue weighted by Crippen LogP contribution is -2.38. The summed E-state index contributed by atoms with van der Waals surface area (Å²) in [5, 5.41) is 7.00. The number of anilines is 1. The van der Waals surface area contributed by atoms with Gasteiger partial charge >= 0.3 is 0 Å². The summed E-state index contributed by atoms with van der Waals surface area (Å²) in [4.78, 5) is 11.8. The predicted octanol–water partition coefficient (Wildman–Crippen LogP) is 3.07. The lowest BCUT2D eigenvalue weighted by molar-refractivity contribution is -0.121. The van der Waals surface area contributed by atoms with Crippen molar-refractivity contribution >= 4 is 34.8 Å². The van der Waals surface area contributed by atoms with Gasteiger partial charge in [0.15, 0.2) is 0 Å². The second kappa shape index (κ2) is 5.15. The van der Waals surface area contributed by atoms with Gasteiger partial charge in [-0.15, -0.1) is 0 Å². The number of benzene rings is 1. The molecule has 0 aromatic heterocycles. The van der Waals surface area contributed by atoms with Gasteiger partial charge in [-0.1, -0.05) is 29.3 Å². The van der Waals surface area contributed by atoms with Crippen molar-refractivity contribution in [3.8, 4) is 0 Å². The summed E-state index contributed by atoms with van der Waals surface area (Å²) in [6, 6.07) is 5.24. The molecule has 1 atom stereocenters. The normalized spacial score (nSPS) is 16.4. The Morgan fingerprint density at radius 3 is 2.47 bits per heavy atom. The highest BCUT2D eigenvalue weighted by atomic mass is 35.5. The maximum atomic E-state index is 11.8. The molecule has 1 aliphatic carbocycles. The zero-order chi connectivity index (χ0) is 12.4. The van der Waals surface area contributed by atoms with Crippen LogP contribution in [0.2, 0.25) is 10.0 Å². The van der Waals surface area contributed by atoms with Crippen LogP contribution >= 0.6 is 23.2 Å². The minimum atomic E-state index is -0.354. The highest BCUT2D eigenvalue weighted by Crippen LogP contribution is 2.30. The zero-order valence-electron chi connectivity index (χ0n) is 9.47. The number of hydrogen-bond acceptors (Lipinski definition) is 2. The second-order valence-electron chi connectivity index (χ2n) is 4.25. The molecule has 1 unspecified atom stereocenters. The molecule has 1 saturated carbocycles. The Balaban J connectivity index is 2.01. The van der Waals surface area contributed by atoms with Crippen molar-refractivity contribution in [1.82, 2.24) is 5.32 Å². The second-order valence-corrected chi connectivity index (χ2v) is 5.06. The molecule has 1 aliphatic rings. The summed E-state index contributed by atoms with van der Waals surface area (Å²) >= 11 is 12.0. The van der Waals surface area contributed by atoms with E-state index in [1.54, 1.807) is 25.1 Å². The third-order valence-electron chi connectivity index (χ3n) is 2.64. The average molecular weight is 273 g/mol. The molecule has 1 amide bonds. The number of carbonyl (C=O) groups is 1. The predicted molar refractivity (Wildman–Crippen MR) is 70.7 cm³/mol. The van der Waals surface area contributed by atoms with Crippen molar-refractivity contribution < 1.29 is 4.79 Å². The third kappa shape index (κ3) is 3.27. The van der Waals surface area contributed by atoms with E-state index in [0.29, 0.717) is 21.8 Å². The van der Waals surface area contributed by atoms with Crippen LogP contribution in [0, 0.1) is 0 Å². The maximum absolute atomic E-state index is 11.8. The fraction of sp³-hybridized carbons (Fsp3) is 0.417. The van der Waals surface area contributed by atoms with Gasteiger partial charge < -0.3 is 10.6 Å². The molecule has 0 spiro atoms. The van der Waals surface area contributed by atoms with Crippen LogP contribution in [0.1, 0.15) is 19.8 Å². The smallest absolute Gasteiger partial charge is 0.242 e. The van der Waals surface area contributed by atoms with Gasteiger partial charge in [0.05, 0.1) is 15.7 Å². The molecule has 0 bridgehead atoms. The molecule has 1 aromatic carbocycles. The van der Waals surface area contributed by atoms with Crippen LogP contribution in [0.25, 0.3) is 0 Å². The van der Waals surface area contributed by atoms with Gasteiger partial charge in [0, 0.05) is 6.04 Å². The number of hydrogen-bond donors (Lipinski definition) is 2. The highest BCUT2D eigenvalue weighted by Gasteiger charge is 2.25. The summed E-state index contributed by atoms with van der Waals surface area (Å²) in [6.45, 7) is 1.79. The van der Waals surface area contributed by atoms with E-state index >= 15 is 0 Å². The van der Waals surface area contributed by atoms with Gasteiger partial charge in [0.1, 0.15) is 6.04 Å². The lowest BCUT2D eigenvalue weighted by atomic mass is 10.2. The Hall–Kier alpha value is -0.930. The van der Waals surface area contributed by atoms with Crippen molar-refractivity contribution in [3.63, 3.8) is 0 Å². The molecule has 92 valence electrons. The van der Waals surface area contributed by atoms with Gasteiger partial charge in [0.25, 0.3) is 0 Å². The topological polar surface area (TPSA) is 41.1 Å². The van der Waals surface area contributed by atoms with Crippen molar-refractivity contribution in [2.75, 3.05) is 5.32 Å². The fourth-order valence-corrected chi connectivity index (χ4v) is 1.98. The molecule has 0 radical (unpaired) electrons. The third-order valence-corrected chi connectivity index (χ3v) is 3.27. The van der Waals surface area contributed by atoms with E-state index in [1.807, 2.05) is 0 Å². The van der Waals surface area contributed by atoms with Gasteiger partial charge in [-0.2, -0.15) is 0 Å². The Bertz CT molecular complexity index is 412. The lowest BCUT2D eigenvalue weighted by Gasteiger charge is -2.17. The van der Waals surface area contributed by atoms with E-state index in [9.17, 15) is 4.79 Å². The number of rotatable bonds is 4. The monoisotopic (exact) mass is 272 g/mol. The first kappa shape index (κ1) is 12.5. The van der Waals surface area contributed by atoms with E-state index < -0.39 is 0 Å². The molecule has 17 heavy (non-hydrogen) atoms.